The van der Waals surface area contributed by atoms with Gasteiger partial charge in [-0.25, -0.2) is 9.37 Å². The molecule has 0 spiro atoms. The third-order valence-electron chi connectivity index (χ3n) is 8.49. The van der Waals surface area contributed by atoms with Crippen LogP contribution in [0.5, 0.6) is 5.88 Å². The predicted octanol–water partition coefficient (Wildman–Crippen LogP) is 7.57. The lowest BCUT2D eigenvalue weighted by molar-refractivity contribution is -0.140. The Balaban J connectivity index is 1.56. The van der Waals surface area contributed by atoms with Gasteiger partial charge in [-0.15, -0.1) is 0 Å². The van der Waals surface area contributed by atoms with Crippen LogP contribution < -0.4 is 19.9 Å². The van der Waals surface area contributed by atoms with Gasteiger partial charge in [0.1, 0.15) is 23.3 Å². The van der Waals surface area contributed by atoms with E-state index in [1.54, 1.807) is 0 Å². The summed E-state index contributed by atoms with van der Waals surface area (Å²) in [5.74, 6) is -3.91. The minimum absolute atomic E-state index is 0.00871. The van der Waals surface area contributed by atoms with Crippen molar-refractivity contribution in [1.29, 1.82) is 5.26 Å². The highest BCUT2D eigenvalue weighted by Gasteiger charge is 2.52. The predicted molar refractivity (Wildman–Crippen MR) is 185 cm³/mol. The maximum absolute atomic E-state index is 15.3. The van der Waals surface area contributed by atoms with Crippen LogP contribution in [0.1, 0.15) is 83.9 Å². The molecule has 1 aliphatic heterocycles. The number of anilines is 2. The van der Waals surface area contributed by atoms with Crippen LogP contribution in [0.2, 0.25) is 0 Å². The fraction of sp³-hybridized carbons (Fsp3) is 0.571. The van der Waals surface area contributed by atoms with Gasteiger partial charge in [0.2, 0.25) is 11.8 Å². The number of thiocarbonyl (C=S) groups is 1. The van der Waals surface area contributed by atoms with E-state index in [2.05, 4.69) is 10.3 Å². The summed E-state index contributed by atoms with van der Waals surface area (Å²) >= 11 is 5.31. The second-order valence-corrected chi connectivity index (χ2v) is 14.2. The molecular formula is C35H42F7N5O5S. The fourth-order valence-electron chi connectivity index (χ4n) is 5.11. The molecule has 2 amide bonds. The molecule has 1 saturated heterocycles. The first kappa shape index (κ1) is 43.3. The second-order valence-electron chi connectivity index (χ2n) is 13.9. The number of carbonyl (C=O) groups excluding carboxylic acids is 2. The van der Waals surface area contributed by atoms with Gasteiger partial charge in [-0.2, -0.15) is 31.6 Å². The average molecular weight is 778 g/mol. The zero-order chi connectivity index (χ0) is 39.9. The Hall–Kier alpha value is -4.08. The van der Waals surface area contributed by atoms with E-state index in [1.807, 2.05) is 27.7 Å². The molecule has 0 radical (unpaired) electrons. The van der Waals surface area contributed by atoms with Gasteiger partial charge in [0.15, 0.2) is 10.9 Å². The number of aromatic nitrogens is 1. The van der Waals surface area contributed by atoms with Crippen LogP contribution in [0.3, 0.4) is 0 Å². The summed E-state index contributed by atoms with van der Waals surface area (Å²) in [7, 11) is 0. The Morgan fingerprint density at radius 2 is 1.62 bits per heavy atom. The molecule has 3 rings (SSSR count). The van der Waals surface area contributed by atoms with E-state index >= 15 is 4.39 Å². The summed E-state index contributed by atoms with van der Waals surface area (Å²) in [6.45, 7) is 11.5. The van der Waals surface area contributed by atoms with Crippen molar-refractivity contribution in [3.63, 3.8) is 0 Å². The average Bonchev–Trinajstić information content (AvgIpc) is 3.22. The van der Waals surface area contributed by atoms with Gasteiger partial charge in [-0.3, -0.25) is 14.5 Å². The van der Waals surface area contributed by atoms with Crippen LogP contribution in [0.15, 0.2) is 24.4 Å². The number of nitrogens with one attached hydrogen (secondary N) is 1. The minimum Gasteiger partial charge on any atom is -0.477 e. The quantitative estimate of drug-likeness (QED) is 0.105. The lowest BCUT2D eigenvalue weighted by atomic mass is 9.88. The van der Waals surface area contributed by atoms with Crippen molar-refractivity contribution in [3.05, 3.63) is 46.9 Å². The van der Waals surface area contributed by atoms with Crippen molar-refractivity contribution in [1.82, 2.24) is 10.3 Å². The molecule has 2 aromatic rings. The Bertz CT molecular complexity index is 1690. The van der Waals surface area contributed by atoms with Gasteiger partial charge in [0, 0.05) is 25.9 Å². The number of amides is 2. The SMILES string of the molecule is CC(NC(=O)COCCCOCCCCCOc1ncc(N2C(=S)N(c3ccc(C#N)c(C(F)(F)F)c3F)C(=O)C2(C)C)cc1C(F)(F)F)C(C)(C)C. The minimum atomic E-state index is -5.30. The van der Waals surface area contributed by atoms with Gasteiger partial charge >= 0.3 is 12.4 Å². The number of carbonyl (C=O) groups is 2. The van der Waals surface area contributed by atoms with E-state index in [4.69, 9.17) is 31.7 Å². The molecule has 1 aliphatic rings. The molecule has 18 heteroatoms. The Morgan fingerprint density at radius 1 is 1.00 bits per heavy atom. The first-order valence-corrected chi connectivity index (χ1v) is 17.1. The third-order valence-corrected chi connectivity index (χ3v) is 8.86. The Morgan fingerprint density at radius 3 is 2.23 bits per heavy atom. The van der Waals surface area contributed by atoms with Crippen LogP contribution >= 0.6 is 12.2 Å². The van der Waals surface area contributed by atoms with Gasteiger partial charge in [-0.1, -0.05) is 20.8 Å². The van der Waals surface area contributed by atoms with Crippen LogP contribution in [0.4, 0.5) is 42.1 Å². The van der Waals surface area contributed by atoms with Crippen LogP contribution in [0.25, 0.3) is 0 Å². The van der Waals surface area contributed by atoms with Gasteiger partial charge in [0.05, 0.1) is 35.8 Å². The number of rotatable bonds is 16. The molecule has 1 aromatic carbocycles. The topological polar surface area (TPSA) is 117 Å². The summed E-state index contributed by atoms with van der Waals surface area (Å²) in [6, 6.07) is 3.33. The van der Waals surface area contributed by atoms with Crippen LogP contribution in [-0.4, -0.2) is 66.5 Å². The second kappa shape index (κ2) is 17.4. The van der Waals surface area contributed by atoms with Crippen molar-refractivity contribution >= 4 is 40.5 Å². The molecule has 0 saturated carbocycles. The number of halogens is 7. The number of ether oxygens (including phenoxy) is 3. The molecule has 2 heterocycles. The van der Waals surface area contributed by atoms with E-state index < -0.39 is 63.0 Å². The van der Waals surface area contributed by atoms with Crippen molar-refractivity contribution in [2.24, 2.45) is 5.41 Å². The van der Waals surface area contributed by atoms with Gasteiger partial charge < -0.3 is 24.4 Å². The van der Waals surface area contributed by atoms with Crippen LogP contribution in [0, 0.1) is 22.6 Å². The van der Waals surface area contributed by atoms with E-state index in [-0.39, 0.29) is 36.3 Å². The van der Waals surface area contributed by atoms with E-state index in [0.29, 0.717) is 62.5 Å². The first-order valence-electron chi connectivity index (χ1n) is 16.7. The number of pyridine rings is 1. The summed E-state index contributed by atoms with van der Waals surface area (Å²) < 4.78 is 115. The zero-order valence-corrected chi connectivity index (χ0v) is 31.0. The van der Waals surface area contributed by atoms with Crippen molar-refractivity contribution < 1.29 is 54.5 Å². The maximum Gasteiger partial charge on any atom is 0.421 e. The summed E-state index contributed by atoms with van der Waals surface area (Å²) in [5, 5.41) is 11.4. The fourth-order valence-corrected chi connectivity index (χ4v) is 5.63. The summed E-state index contributed by atoms with van der Waals surface area (Å²) in [4.78, 5) is 30.6. The van der Waals surface area contributed by atoms with Crippen molar-refractivity contribution in [3.8, 4) is 11.9 Å². The third kappa shape index (κ3) is 10.8. The first-order chi connectivity index (χ1) is 24.5. The number of hydrogen-bond donors (Lipinski definition) is 1. The molecule has 0 aliphatic carbocycles. The Labute approximate surface area is 308 Å². The molecule has 1 fully saturated rings. The molecule has 1 unspecified atom stereocenters. The highest BCUT2D eigenvalue weighted by Crippen LogP contribution is 2.44. The zero-order valence-electron chi connectivity index (χ0n) is 30.1. The molecule has 1 N–H and O–H groups in total. The maximum atomic E-state index is 15.3. The molecule has 1 atom stereocenters. The number of nitrogens with zero attached hydrogens (tertiary/aromatic N) is 4. The van der Waals surface area contributed by atoms with Gasteiger partial charge in [-0.05, 0) is 82.3 Å². The smallest absolute Gasteiger partial charge is 0.421 e. The highest BCUT2D eigenvalue weighted by molar-refractivity contribution is 7.81. The van der Waals surface area contributed by atoms with E-state index in [0.717, 1.165) is 17.2 Å². The number of benzene rings is 1. The molecule has 0 bridgehead atoms. The molecule has 53 heavy (non-hydrogen) atoms. The van der Waals surface area contributed by atoms with Crippen molar-refractivity contribution in [2.45, 2.75) is 91.2 Å². The van der Waals surface area contributed by atoms with Gasteiger partial charge in [0.25, 0.3) is 5.91 Å². The Kier molecular flexibility index (Phi) is 14.2. The largest absolute Gasteiger partial charge is 0.477 e. The highest BCUT2D eigenvalue weighted by atomic mass is 32.1. The lowest BCUT2D eigenvalue weighted by Gasteiger charge is -2.30. The number of nitriles is 1. The summed E-state index contributed by atoms with van der Waals surface area (Å²) in [5.41, 5.74) is -7.37. The van der Waals surface area contributed by atoms with E-state index in [9.17, 15) is 35.9 Å². The monoisotopic (exact) mass is 777 g/mol. The molecule has 1 aromatic heterocycles. The van der Waals surface area contributed by atoms with E-state index in [1.165, 1.54) is 19.9 Å². The molecule has 292 valence electrons. The van der Waals surface area contributed by atoms with Crippen LogP contribution in [-0.2, 0) is 31.4 Å². The lowest BCUT2D eigenvalue weighted by Crippen LogP contribution is -2.44. The number of alkyl halides is 6. The normalized spacial score (nSPS) is 15.5. The molecule has 10 nitrogen and oxygen atoms in total. The number of unbranched alkanes of at least 4 members (excludes halogenated alkanes) is 2. The summed E-state index contributed by atoms with van der Waals surface area (Å²) in [6.07, 6.45) is -7.20. The standard InChI is InChI=1S/C35H42F7N5O5S/c1-21(32(2,3)4)45-26(48)20-51-15-10-14-50-13-8-7-9-16-52-29-24(34(37,38)39)17-23(19-44-29)47-31(53)46(30(49)33(47,5)6)25-12-11-22(18-43)27(28(25)36)35(40,41)42/h11-12,17,19,21H,7-10,13-16,20H2,1-6H3,(H,45,48). The molecular weight excluding hydrogens is 735 g/mol. The van der Waals surface area contributed by atoms with Crippen molar-refractivity contribution in [2.75, 3.05) is 42.8 Å². The number of hydrogen-bond acceptors (Lipinski definition) is 8.